The Hall–Kier alpha value is -2.43. The summed E-state index contributed by atoms with van der Waals surface area (Å²) in [5.41, 5.74) is 6.87. The molecule has 0 radical (unpaired) electrons. The third-order valence-corrected chi connectivity index (χ3v) is 4.98. The topological polar surface area (TPSA) is 118 Å². The van der Waals surface area contributed by atoms with Crippen LogP contribution in [0.4, 0.5) is 0 Å². The van der Waals surface area contributed by atoms with E-state index in [0.29, 0.717) is 21.0 Å². The monoisotopic (exact) mass is 440 g/mol. The Balaban J connectivity index is 2.22. The maximum Gasteiger partial charge on any atom is 0.319 e. The van der Waals surface area contributed by atoms with Crippen LogP contribution in [0.15, 0.2) is 56.9 Å². The van der Waals surface area contributed by atoms with Crippen molar-refractivity contribution in [1.29, 1.82) is 5.41 Å². The number of nitrogens with zero attached hydrogens (tertiary/aromatic N) is 2. The zero-order chi connectivity index (χ0) is 19.3. The number of guanidine groups is 1. The Morgan fingerprint density at radius 3 is 2.46 bits per heavy atom. The van der Waals surface area contributed by atoms with E-state index < -0.39 is 16.1 Å². The summed E-state index contributed by atoms with van der Waals surface area (Å²) in [5.74, 6) is -0.0618. The number of aryl methyl sites for hydroxylation is 1. The van der Waals surface area contributed by atoms with E-state index in [1.807, 2.05) is 6.92 Å². The molecule has 0 fully saturated rings. The highest BCUT2D eigenvalue weighted by Gasteiger charge is 2.21. The second kappa shape index (κ2) is 8.30. The van der Waals surface area contributed by atoms with Gasteiger partial charge in [-0.2, -0.15) is 8.42 Å². The Kier molecular flexibility index (Phi) is 6.35. The van der Waals surface area contributed by atoms with E-state index in [4.69, 9.17) is 20.2 Å². The molecule has 8 nitrogen and oxygen atoms in total. The minimum absolute atomic E-state index is 0.0725. The number of hydroxylamine groups is 1. The van der Waals surface area contributed by atoms with Crippen LogP contribution in [-0.4, -0.2) is 32.9 Å². The Morgan fingerprint density at radius 1 is 1.27 bits per heavy atom. The zero-order valence-corrected chi connectivity index (χ0v) is 16.4. The molecule has 3 N–H and O–H groups in total. The van der Waals surface area contributed by atoms with Gasteiger partial charge >= 0.3 is 10.1 Å². The Morgan fingerprint density at radius 2 is 1.92 bits per heavy atom. The van der Waals surface area contributed by atoms with E-state index in [-0.39, 0.29) is 4.90 Å². The lowest BCUT2D eigenvalue weighted by Crippen LogP contribution is -2.34. The average molecular weight is 441 g/mol. The normalized spacial score (nSPS) is 11.5. The fourth-order valence-corrected chi connectivity index (χ4v) is 3.26. The van der Waals surface area contributed by atoms with Crippen LogP contribution in [0, 0.1) is 12.3 Å². The van der Waals surface area contributed by atoms with Crippen molar-refractivity contribution in [2.75, 3.05) is 7.11 Å². The van der Waals surface area contributed by atoms with Gasteiger partial charge in [-0.3, -0.25) is 5.41 Å². The molecule has 0 bridgehead atoms. The van der Waals surface area contributed by atoms with E-state index in [1.54, 1.807) is 30.3 Å². The molecule has 0 atom stereocenters. The van der Waals surface area contributed by atoms with Crippen molar-refractivity contribution < 1.29 is 17.4 Å². The van der Waals surface area contributed by atoms with Crippen LogP contribution < -0.4 is 10.5 Å². The standard InChI is InChI=1S/C16H17BrN4O4S/c1-11-3-6-13(7-4-11)26(22,23)25-21(16(18)19)20-10-12-5-8-15(24-2)14(17)9-12/h3-10H,1-2H3,(H3,18,19). The molecule has 2 aromatic carbocycles. The minimum Gasteiger partial charge on any atom is -0.496 e. The van der Waals surface area contributed by atoms with Crippen molar-refractivity contribution in [3.63, 3.8) is 0 Å². The third-order valence-electron chi connectivity index (χ3n) is 3.17. The van der Waals surface area contributed by atoms with E-state index >= 15 is 0 Å². The van der Waals surface area contributed by atoms with Crippen molar-refractivity contribution in [3.8, 4) is 5.75 Å². The van der Waals surface area contributed by atoms with Gasteiger partial charge in [0.1, 0.15) is 5.75 Å². The first kappa shape index (κ1) is 19.9. The number of methoxy groups -OCH3 is 1. The highest BCUT2D eigenvalue weighted by molar-refractivity contribution is 9.10. The van der Waals surface area contributed by atoms with Gasteiger partial charge in [-0.05, 0) is 58.7 Å². The number of ether oxygens (including phenoxy) is 1. The number of rotatable bonds is 6. The summed E-state index contributed by atoms with van der Waals surface area (Å²) < 4.78 is 35.2. The molecule has 0 spiro atoms. The fourth-order valence-electron chi connectivity index (χ4n) is 1.84. The highest BCUT2D eigenvalue weighted by Crippen LogP contribution is 2.25. The van der Waals surface area contributed by atoms with Gasteiger partial charge < -0.3 is 10.5 Å². The maximum atomic E-state index is 12.3. The molecule has 0 aliphatic rings. The minimum atomic E-state index is -4.18. The molecule has 138 valence electrons. The second-order valence-corrected chi connectivity index (χ2v) is 7.52. The van der Waals surface area contributed by atoms with Crippen LogP contribution in [0.1, 0.15) is 11.1 Å². The van der Waals surface area contributed by atoms with Gasteiger partial charge in [0, 0.05) is 0 Å². The number of benzene rings is 2. The summed E-state index contributed by atoms with van der Waals surface area (Å²) in [5, 5.41) is 11.7. The molecule has 0 aromatic heterocycles. The molecule has 10 heteroatoms. The SMILES string of the molecule is COc1ccc(C=NN(OS(=O)(=O)c2ccc(C)cc2)C(=N)N)cc1Br. The van der Waals surface area contributed by atoms with Gasteiger partial charge in [0.2, 0.25) is 5.96 Å². The smallest absolute Gasteiger partial charge is 0.319 e. The largest absolute Gasteiger partial charge is 0.496 e. The van der Waals surface area contributed by atoms with E-state index in [2.05, 4.69) is 21.0 Å². The lowest BCUT2D eigenvalue weighted by Gasteiger charge is -2.15. The van der Waals surface area contributed by atoms with Gasteiger partial charge in [0.25, 0.3) is 0 Å². The Bertz CT molecular complexity index is 930. The predicted molar refractivity (Wildman–Crippen MR) is 101 cm³/mol. The number of nitrogens with two attached hydrogens (primary N) is 1. The number of hydrogen-bond acceptors (Lipinski definition) is 6. The quantitative estimate of drug-likeness (QED) is 0.404. The third kappa shape index (κ3) is 5.04. The average Bonchev–Trinajstić information content (AvgIpc) is 2.59. The summed E-state index contributed by atoms with van der Waals surface area (Å²) in [7, 11) is -2.65. The van der Waals surface area contributed by atoms with Crippen molar-refractivity contribution in [3.05, 3.63) is 58.1 Å². The first-order valence-corrected chi connectivity index (χ1v) is 9.46. The van der Waals surface area contributed by atoms with Crippen molar-refractivity contribution in [2.24, 2.45) is 10.8 Å². The molecule has 0 aliphatic heterocycles. The predicted octanol–water partition coefficient (Wildman–Crippen LogP) is 2.62. The van der Waals surface area contributed by atoms with Crippen molar-refractivity contribution in [2.45, 2.75) is 11.8 Å². The number of nitrogens with one attached hydrogen (secondary N) is 1. The van der Waals surface area contributed by atoms with Gasteiger partial charge in [-0.15, -0.1) is 9.39 Å². The number of hydrazone groups is 1. The first-order valence-electron chi connectivity index (χ1n) is 7.26. The summed E-state index contributed by atoms with van der Waals surface area (Å²) in [6.45, 7) is 1.83. The molecule has 0 unspecified atom stereocenters. The van der Waals surface area contributed by atoms with Gasteiger partial charge in [-0.1, -0.05) is 22.9 Å². The molecule has 0 aliphatic carbocycles. The molecule has 0 heterocycles. The van der Waals surface area contributed by atoms with Crippen molar-refractivity contribution >= 4 is 38.2 Å². The van der Waals surface area contributed by atoms with E-state index in [9.17, 15) is 8.42 Å². The molecular weight excluding hydrogens is 424 g/mol. The van der Waals surface area contributed by atoms with Gasteiger partial charge in [-0.25, -0.2) is 0 Å². The zero-order valence-electron chi connectivity index (χ0n) is 14.0. The molecule has 0 amide bonds. The molecular formula is C16H17BrN4O4S. The van der Waals surface area contributed by atoms with E-state index in [1.165, 1.54) is 25.5 Å². The lowest BCUT2D eigenvalue weighted by molar-refractivity contribution is 0.0284. The lowest BCUT2D eigenvalue weighted by atomic mass is 10.2. The number of halogens is 1. The van der Waals surface area contributed by atoms with Crippen LogP contribution in [0.25, 0.3) is 0 Å². The van der Waals surface area contributed by atoms with Crippen LogP contribution in [0.5, 0.6) is 5.75 Å². The Labute approximate surface area is 159 Å². The van der Waals surface area contributed by atoms with Gasteiger partial charge in [0.15, 0.2) is 0 Å². The van der Waals surface area contributed by atoms with E-state index in [0.717, 1.165) is 5.56 Å². The maximum absolute atomic E-state index is 12.3. The van der Waals surface area contributed by atoms with Crippen LogP contribution in [-0.2, 0) is 14.4 Å². The summed E-state index contributed by atoms with van der Waals surface area (Å²) in [6, 6.07) is 11.2. The summed E-state index contributed by atoms with van der Waals surface area (Å²) in [6.07, 6.45) is 1.30. The second-order valence-electron chi connectivity index (χ2n) is 5.14. The summed E-state index contributed by atoms with van der Waals surface area (Å²) >= 11 is 3.33. The van der Waals surface area contributed by atoms with Crippen molar-refractivity contribution in [1.82, 2.24) is 5.17 Å². The first-order chi connectivity index (χ1) is 12.2. The number of hydrogen-bond donors (Lipinski definition) is 2. The molecule has 2 aromatic rings. The van der Waals surface area contributed by atoms with Crippen LogP contribution in [0.2, 0.25) is 0 Å². The molecule has 0 saturated carbocycles. The molecule has 0 saturated heterocycles. The summed E-state index contributed by atoms with van der Waals surface area (Å²) in [4.78, 5) is -0.0725. The van der Waals surface area contributed by atoms with Gasteiger partial charge in [0.05, 0.1) is 22.7 Å². The van der Waals surface area contributed by atoms with Crippen LogP contribution >= 0.6 is 15.9 Å². The fraction of sp³-hybridized carbons (Fsp3) is 0.125. The molecule has 26 heavy (non-hydrogen) atoms. The highest BCUT2D eigenvalue weighted by atomic mass is 79.9. The molecule has 2 rings (SSSR count). The van der Waals surface area contributed by atoms with Crippen LogP contribution in [0.3, 0.4) is 0 Å².